The summed E-state index contributed by atoms with van der Waals surface area (Å²) in [5.74, 6) is 2.40. The minimum atomic E-state index is -0.160. The van der Waals surface area contributed by atoms with Gasteiger partial charge in [0.25, 0.3) is 5.56 Å². The van der Waals surface area contributed by atoms with Crippen molar-refractivity contribution in [2.45, 2.75) is 78.8 Å². The van der Waals surface area contributed by atoms with E-state index in [1.807, 2.05) is 13.8 Å². The van der Waals surface area contributed by atoms with Crippen molar-refractivity contribution in [3.8, 4) is 11.5 Å². The van der Waals surface area contributed by atoms with Crippen LogP contribution < -0.4 is 20.3 Å². The molecule has 0 saturated heterocycles. The summed E-state index contributed by atoms with van der Waals surface area (Å²) in [7, 11) is 0. The van der Waals surface area contributed by atoms with Crippen molar-refractivity contribution >= 4 is 29.0 Å². The maximum Gasteiger partial charge on any atom is 0.262 e. The summed E-state index contributed by atoms with van der Waals surface area (Å²) in [6, 6.07) is 3.76. The van der Waals surface area contributed by atoms with Crippen LogP contribution in [0.4, 0.5) is 0 Å². The van der Waals surface area contributed by atoms with Crippen LogP contribution in [0, 0.1) is 16.6 Å². The molecule has 1 fully saturated rings. The number of unbranched alkanes of at least 4 members (excludes halogenated alkanes) is 1. The third-order valence-electron chi connectivity index (χ3n) is 6.73. The molecule has 3 rings (SSSR count). The molecule has 1 aliphatic carbocycles. The maximum absolute atomic E-state index is 13.1. The molecule has 1 aromatic carbocycles. The van der Waals surface area contributed by atoms with Crippen molar-refractivity contribution in [3.63, 3.8) is 0 Å². The van der Waals surface area contributed by atoms with Crippen molar-refractivity contribution in [3.05, 3.63) is 27.3 Å². The number of rotatable bonds is 10. The topological polar surface area (TPSA) is 85.4 Å². The smallest absolute Gasteiger partial charge is 0.262 e. The number of aromatic nitrogens is 2. The number of nitrogens with one attached hydrogen (secondary N) is 2. The first-order valence-corrected chi connectivity index (χ1v) is 12.6. The molecule has 8 heteroatoms. The minimum absolute atomic E-state index is 0.0989. The van der Waals surface area contributed by atoms with Crippen molar-refractivity contribution in [2.75, 3.05) is 13.2 Å². The van der Waals surface area contributed by atoms with Gasteiger partial charge in [-0.1, -0.05) is 26.7 Å². The molecule has 1 aromatic heterocycles. The van der Waals surface area contributed by atoms with Crippen LogP contribution in [0.5, 0.6) is 11.5 Å². The van der Waals surface area contributed by atoms with Gasteiger partial charge in [0.05, 0.1) is 24.1 Å². The first-order valence-electron chi connectivity index (χ1n) is 12.2. The Bertz CT molecular complexity index is 1080. The zero-order valence-corrected chi connectivity index (χ0v) is 21.1. The second-order valence-corrected chi connectivity index (χ2v) is 9.38. The molecule has 1 aliphatic rings. The quantitative estimate of drug-likeness (QED) is 0.374. The molecule has 0 radical (unpaired) electrons. The summed E-state index contributed by atoms with van der Waals surface area (Å²) < 4.78 is 13.3. The molecule has 1 heterocycles. The van der Waals surface area contributed by atoms with Crippen molar-refractivity contribution in [1.82, 2.24) is 14.9 Å². The van der Waals surface area contributed by atoms with Gasteiger partial charge in [-0.25, -0.2) is 0 Å². The SMILES string of the molecule is CCOc1cc2[nH]c(=S)n(CCCCC(=O)N[C@@H]3CCC[C@H](C)[C@@H]3C)c(=O)c2cc1OCC. The highest BCUT2D eigenvalue weighted by molar-refractivity contribution is 7.71. The zero-order valence-electron chi connectivity index (χ0n) is 20.2. The summed E-state index contributed by atoms with van der Waals surface area (Å²) >= 11 is 5.45. The van der Waals surface area contributed by atoms with E-state index in [1.165, 1.54) is 12.8 Å². The fraction of sp³-hybridized carbons (Fsp3) is 0.640. The van der Waals surface area contributed by atoms with E-state index in [0.717, 1.165) is 6.42 Å². The summed E-state index contributed by atoms with van der Waals surface area (Å²) in [5.41, 5.74) is 0.468. The lowest BCUT2D eigenvalue weighted by atomic mass is 9.78. The Morgan fingerprint density at radius 3 is 2.55 bits per heavy atom. The number of ether oxygens (including phenoxy) is 2. The second kappa shape index (κ2) is 11.7. The Labute approximate surface area is 200 Å². The van der Waals surface area contributed by atoms with Gasteiger partial charge in [0.1, 0.15) is 0 Å². The predicted molar refractivity (Wildman–Crippen MR) is 134 cm³/mol. The van der Waals surface area contributed by atoms with Crippen LogP contribution in [-0.2, 0) is 11.3 Å². The van der Waals surface area contributed by atoms with E-state index in [9.17, 15) is 9.59 Å². The normalized spacial score (nSPS) is 20.5. The molecule has 182 valence electrons. The molecule has 33 heavy (non-hydrogen) atoms. The largest absolute Gasteiger partial charge is 0.490 e. The summed E-state index contributed by atoms with van der Waals surface area (Å²) in [6.07, 6.45) is 5.34. The maximum atomic E-state index is 13.1. The molecule has 1 amide bonds. The number of amides is 1. The van der Waals surface area contributed by atoms with E-state index >= 15 is 0 Å². The Morgan fingerprint density at radius 1 is 1.15 bits per heavy atom. The number of H-pyrrole nitrogens is 1. The molecular formula is C25H37N3O4S. The monoisotopic (exact) mass is 475 g/mol. The van der Waals surface area contributed by atoms with Gasteiger partial charge >= 0.3 is 0 Å². The van der Waals surface area contributed by atoms with Gasteiger partial charge in [-0.3, -0.25) is 14.2 Å². The highest BCUT2D eigenvalue weighted by atomic mass is 32.1. The fourth-order valence-corrected chi connectivity index (χ4v) is 4.90. The van der Waals surface area contributed by atoms with E-state index in [1.54, 1.807) is 16.7 Å². The number of hydrogen-bond acceptors (Lipinski definition) is 5. The third kappa shape index (κ3) is 6.16. The third-order valence-corrected chi connectivity index (χ3v) is 7.06. The number of benzene rings is 1. The molecular weight excluding hydrogens is 438 g/mol. The molecule has 2 N–H and O–H groups in total. The molecule has 0 bridgehead atoms. The molecule has 1 saturated carbocycles. The first-order chi connectivity index (χ1) is 15.8. The summed E-state index contributed by atoms with van der Waals surface area (Å²) in [4.78, 5) is 28.7. The van der Waals surface area contributed by atoms with Crippen molar-refractivity contribution in [1.29, 1.82) is 0 Å². The number of carbonyl (C=O) groups excluding carboxylic acids is 1. The number of fused-ring (bicyclic) bond motifs is 1. The van der Waals surface area contributed by atoms with Crippen LogP contribution in [0.2, 0.25) is 0 Å². The van der Waals surface area contributed by atoms with Crippen LogP contribution in [-0.4, -0.2) is 34.7 Å². The predicted octanol–water partition coefficient (Wildman–Crippen LogP) is 4.97. The van der Waals surface area contributed by atoms with Crippen LogP contribution in [0.15, 0.2) is 16.9 Å². The van der Waals surface area contributed by atoms with E-state index in [-0.39, 0.29) is 17.5 Å². The average molecular weight is 476 g/mol. The van der Waals surface area contributed by atoms with Crippen LogP contribution in [0.3, 0.4) is 0 Å². The second-order valence-electron chi connectivity index (χ2n) is 9.00. The van der Waals surface area contributed by atoms with Gasteiger partial charge in [-0.2, -0.15) is 0 Å². The van der Waals surface area contributed by atoms with Gasteiger partial charge in [0, 0.05) is 25.1 Å². The first kappa shape index (κ1) is 25.3. The molecule has 0 aliphatic heterocycles. The number of carbonyl (C=O) groups is 1. The molecule has 0 unspecified atom stereocenters. The number of nitrogens with zero attached hydrogens (tertiary/aromatic N) is 1. The Hall–Kier alpha value is -2.35. The highest BCUT2D eigenvalue weighted by Gasteiger charge is 2.27. The van der Waals surface area contributed by atoms with E-state index in [0.29, 0.717) is 78.0 Å². The van der Waals surface area contributed by atoms with Gasteiger partial charge < -0.3 is 19.8 Å². The average Bonchev–Trinajstić information content (AvgIpc) is 2.77. The molecule has 2 aromatic rings. The lowest BCUT2D eigenvalue weighted by Crippen LogP contribution is -2.43. The fourth-order valence-electron chi connectivity index (χ4n) is 4.62. The van der Waals surface area contributed by atoms with Gasteiger partial charge in [0.2, 0.25) is 5.91 Å². The minimum Gasteiger partial charge on any atom is -0.490 e. The number of aromatic amines is 1. The van der Waals surface area contributed by atoms with E-state index in [4.69, 9.17) is 21.7 Å². The lowest BCUT2D eigenvalue weighted by molar-refractivity contribution is -0.122. The molecule has 3 atom stereocenters. The van der Waals surface area contributed by atoms with Crippen LogP contribution >= 0.6 is 12.2 Å². The van der Waals surface area contributed by atoms with E-state index < -0.39 is 0 Å². The van der Waals surface area contributed by atoms with Crippen LogP contribution in [0.1, 0.15) is 66.2 Å². The zero-order chi connectivity index (χ0) is 24.0. The molecule has 7 nitrogen and oxygen atoms in total. The van der Waals surface area contributed by atoms with Crippen molar-refractivity contribution in [2.24, 2.45) is 11.8 Å². The summed E-state index contributed by atoms with van der Waals surface area (Å²) in [5, 5.41) is 3.73. The standard InChI is InChI=1S/C25H37N3O4S/c1-5-31-21-14-18-20(15-22(21)32-6-2)27-25(33)28(24(18)30)13-8-7-12-23(29)26-19-11-9-10-16(3)17(19)4/h14-17,19H,5-13H2,1-4H3,(H,26,29)(H,27,33)/t16-,17-,19+/m0/s1. The van der Waals surface area contributed by atoms with Crippen LogP contribution in [0.25, 0.3) is 10.9 Å². The summed E-state index contributed by atoms with van der Waals surface area (Å²) in [6.45, 7) is 9.72. The van der Waals surface area contributed by atoms with Gasteiger partial charge in [-0.15, -0.1) is 0 Å². The Kier molecular flexibility index (Phi) is 8.95. The Balaban J connectivity index is 1.64. The molecule has 0 spiro atoms. The number of hydrogen-bond donors (Lipinski definition) is 2. The van der Waals surface area contributed by atoms with Crippen molar-refractivity contribution < 1.29 is 14.3 Å². The van der Waals surface area contributed by atoms with Gasteiger partial charge in [-0.05, 0) is 63.2 Å². The van der Waals surface area contributed by atoms with E-state index in [2.05, 4.69) is 24.1 Å². The van der Waals surface area contributed by atoms with Gasteiger partial charge in [0.15, 0.2) is 16.3 Å². The Morgan fingerprint density at radius 2 is 1.85 bits per heavy atom. The lowest BCUT2D eigenvalue weighted by Gasteiger charge is -2.34. The highest BCUT2D eigenvalue weighted by Crippen LogP contribution is 2.31.